The Morgan fingerprint density at radius 3 is 2.56 bits per heavy atom. The highest BCUT2D eigenvalue weighted by Crippen LogP contribution is 2.34. The lowest BCUT2D eigenvalue weighted by Crippen LogP contribution is -1.90. The molecule has 1 aromatic heterocycles. The summed E-state index contributed by atoms with van der Waals surface area (Å²) in [6.45, 7) is 2.08. The van der Waals surface area contributed by atoms with E-state index >= 15 is 0 Å². The minimum atomic E-state index is -0.227. The van der Waals surface area contributed by atoms with Crippen molar-refractivity contribution in [1.82, 2.24) is 4.98 Å². The Balaban J connectivity index is 0.00000109. The first-order valence-corrected chi connectivity index (χ1v) is 9.53. The van der Waals surface area contributed by atoms with E-state index in [0.29, 0.717) is 17.0 Å². The van der Waals surface area contributed by atoms with E-state index in [0.717, 1.165) is 40.3 Å². The van der Waals surface area contributed by atoms with Gasteiger partial charge in [-0.1, -0.05) is 37.3 Å². The molecular weight excluding hydrogens is 335 g/mol. The van der Waals surface area contributed by atoms with Gasteiger partial charge < -0.3 is 10.7 Å². The van der Waals surface area contributed by atoms with E-state index in [1.165, 1.54) is 13.1 Å². The number of hydrogen-bond acceptors (Lipinski definition) is 3. The highest BCUT2D eigenvalue weighted by molar-refractivity contribution is 7.97. The van der Waals surface area contributed by atoms with Crippen LogP contribution in [0.3, 0.4) is 0 Å². The molecule has 3 N–H and O–H groups in total. The van der Waals surface area contributed by atoms with Crippen molar-refractivity contribution in [2.75, 3.05) is 13.3 Å². The fourth-order valence-electron chi connectivity index (χ4n) is 2.97. The molecule has 25 heavy (non-hydrogen) atoms. The van der Waals surface area contributed by atoms with Gasteiger partial charge in [-0.2, -0.15) is 11.8 Å². The third-order valence-electron chi connectivity index (χ3n) is 4.09. The molecule has 0 saturated heterocycles. The summed E-state index contributed by atoms with van der Waals surface area (Å²) in [6, 6.07) is 11.2. The average molecular weight is 358 g/mol. The Morgan fingerprint density at radius 1 is 1.20 bits per heavy atom. The molecular formula is C20H23FN2OS. The van der Waals surface area contributed by atoms with Gasteiger partial charge in [0.25, 0.3) is 0 Å². The standard InChI is InChI=1S/C19H18FNOS.CH5N/c1-3-12-5-4-6-15-18(17(10-22)21-19(12)15)13-7-8-14(11-23-2)16(20)9-13;1-2/h4-10,21H,3,11H2,1-2H3;2H2,1H3. The summed E-state index contributed by atoms with van der Waals surface area (Å²) in [7, 11) is 1.50. The first-order valence-electron chi connectivity index (χ1n) is 8.13. The van der Waals surface area contributed by atoms with Gasteiger partial charge in [0.1, 0.15) is 5.82 Å². The number of aryl methyl sites for hydroxylation is 1. The smallest absolute Gasteiger partial charge is 0.166 e. The maximum atomic E-state index is 14.3. The zero-order valence-corrected chi connectivity index (χ0v) is 15.5. The van der Waals surface area contributed by atoms with Gasteiger partial charge in [-0.15, -0.1) is 0 Å². The van der Waals surface area contributed by atoms with Crippen molar-refractivity contribution in [3.8, 4) is 11.1 Å². The minimum absolute atomic E-state index is 0.227. The number of aromatic nitrogens is 1. The highest BCUT2D eigenvalue weighted by atomic mass is 32.2. The van der Waals surface area contributed by atoms with Crippen molar-refractivity contribution in [1.29, 1.82) is 0 Å². The second-order valence-electron chi connectivity index (χ2n) is 5.46. The zero-order valence-electron chi connectivity index (χ0n) is 14.7. The quantitative estimate of drug-likeness (QED) is 0.645. The van der Waals surface area contributed by atoms with Gasteiger partial charge >= 0.3 is 0 Å². The van der Waals surface area contributed by atoms with E-state index in [2.05, 4.69) is 17.6 Å². The van der Waals surface area contributed by atoms with Gasteiger partial charge in [0.05, 0.1) is 5.69 Å². The molecule has 3 nitrogen and oxygen atoms in total. The summed E-state index contributed by atoms with van der Waals surface area (Å²) in [5.74, 6) is 0.412. The lowest BCUT2D eigenvalue weighted by atomic mass is 9.99. The Labute approximate surface area is 151 Å². The molecule has 0 saturated carbocycles. The van der Waals surface area contributed by atoms with Crippen LogP contribution < -0.4 is 5.73 Å². The predicted molar refractivity (Wildman–Crippen MR) is 106 cm³/mol. The van der Waals surface area contributed by atoms with E-state index in [9.17, 15) is 9.18 Å². The van der Waals surface area contributed by atoms with Gasteiger partial charge in [-0.3, -0.25) is 4.79 Å². The Morgan fingerprint density at radius 2 is 1.96 bits per heavy atom. The lowest BCUT2D eigenvalue weighted by molar-refractivity contribution is 0.112. The number of nitrogens with two attached hydrogens (primary N) is 1. The molecule has 0 radical (unpaired) electrons. The van der Waals surface area contributed by atoms with Crippen LogP contribution in [0, 0.1) is 5.82 Å². The molecule has 0 fully saturated rings. The summed E-state index contributed by atoms with van der Waals surface area (Å²) in [6.07, 6.45) is 3.63. The molecule has 1 heterocycles. The normalized spacial score (nSPS) is 10.4. The van der Waals surface area contributed by atoms with Crippen molar-refractivity contribution in [2.24, 2.45) is 5.73 Å². The summed E-state index contributed by atoms with van der Waals surface area (Å²) in [4.78, 5) is 14.7. The predicted octanol–water partition coefficient (Wildman–Crippen LogP) is 4.79. The van der Waals surface area contributed by atoms with Gasteiger partial charge in [0, 0.05) is 22.2 Å². The topological polar surface area (TPSA) is 58.9 Å². The SMILES string of the molecule is CCc1cccc2c(-c3ccc(CSC)c(F)c3)c(C=O)[nH]c12.CN. The number of benzene rings is 2. The molecule has 5 heteroatoms. The van der Waals surface area contributed by atoms with Crippen LogP contribution in [0.15, 0.2) is 36.4 Å². The highest BCUT2D eigenvalue weighted by Gasteiger charge is 2.16. The molecule has 132 valence electrons. The molecule has 0 aliphatic carbocycles. The minimum Gasteiger partial charge on any atom is -0.352 e. The van der Waals surface area contributed by atoms with Crippen molar-refractivity contribution < 1.29 is 9.18 Å². The second kappa shape index (κ2) is 8.83. The molecule has 0 amide bonds. The van der Waals surface area contributed by atoms with E-state index in [4.69, 9.17) is 0 Å². The number of fused-ring (bicyclic) bond motifs is 1. The fourth-order valence-corrected chi connectivity index (χ4v) is 3.51. The number of carbonyl (C=O) groups excluding carboxylic acids is 1. The van der Waals surface area contributed by atoms with Crippen molar-refractivity contribution >= 4 is 29.0 Å². The van der Waals surface area contributed by atoms with E-state index < -0.39 is 0 Å². The van der Waals surface area contributed by atoms with Crippen molar-refractivity contribution in [3.63, 3.8) is 0 Å². The van der Waals surface area contributed by atoms with Crippen LogP contribution in [0.2, 0.25) is 0 Å². The van der Waals surface area contributed by atoms with Gasteiger partial charge in [-0.05, 0) is 42.5 Å². The van der Waals surface area contributed by atoms with Gasteiger partial charge in [0.15, 0.2) is 6.29 Å². The molecule has 0 spiro atoms. The Kier molecular flexibility index (Phi) is 6.79. The number of para-hydroxylation sites is 1. The number of aldehydes is 1. The summed E-state index contributed by atoms with van der Waals surface area (Å²) >= 11 is 1.59. The largest absolute Gasteiger partial charge is 0.352 e. The average Bonchev–Trinajstić information content (AvgIpc) is 3.04. The van der Waals surface area contributed by atoms with Crippen LogP contribution in [0.1, 0.15) is 28.5 Å². The molecule has 3 rings (SSSR count). The molecule has 2 aromatic carbocycles. The van der Waals surface area contributed by atoms with Crippen LogP contribution in [-0.4, -0.2) is 24.6 Å². The van der Waals surface area contributed by atoms with Crippen LogP contribution in [-0.2, 0) is 12.2 Å². The van der Waals surface area contributed by atoms with Crippen LogP contribution in [0.25, 0.3) is 22.0 Å². The third-order valence-corrected chi connectivity index (χ3v) is 4.69. The number of aromatic amines is 1. The summed E-state index contributed by atoms with van der Waals surface area (Å²) in [5, 5.41) is 0.962. The third kappa shape index (κ3) is 3.78. The first kappa shape index (κ1) is 19.2. The van der Waals surface area contributed by atoms with Crippen LogP contribution in [0.5, 0.6) is 0 Å². The Hall–Kier alpha value is -2.11. The zero-order chi connectivity index (χ0) is 18.4. The number of H-pyrrole nitrogens is 1. The number of nitrogens with one attached hydrogen (secondary N) is 1. The van der Waals surface area contributed by atoms with E-state index in [1.807, 2.05) is 30.5 Å². The maximum Gasteiger partial charge on any atom is 0.166 e. The van der Waals surface area contributed by atoms with E-state index in [-0.39, 0.29) is 5.82 Å². The van der Waals surface area contributed by atoms with Crippen LogP contribution >= 0.6 is 11.8 Å². The number of halogens is 1. The monoisotopic (exact) mass is 358 g/mol. The van der Waals surface area contributed by atoms with Gasteiger partial charge in [0.2, 0.25) is 0 Å². The first-order chi connectivity index (χ1) is 12.2. The van der Waals surface area contributed by atoms with Crippen LogP contribution in [0.4, 0.5) is 4.39 Å². The van der Waals surface area contributed by atoms with Crippen molar-refractivity contribution in [3.05, 3.63) is 59.0 Å². The summed E-state index contributed by atoms with van der Waals surface area (Å²) in [5.41, 5.74) is 9.30. The molecule has 0 bridgehead atoms. The number of carbonyl (C=O) groups is 1. The molecule has 0 aliphatic rings. The Bertz CT molecular complexity index is 874. The molecule has 0 aliphatic heterocycles. The fraction of sp³-hybridized carbons (Fsp3) is 0.250. The summed E-state index contributed by atoms with van der Waals surface area (Å²) < 4.78 is 14.3. The number of rotatable bonds is 5. The molecule has 3 aromatic rings. The maximum absolute atomic E-state index is 14.3. The molecule has 0 atom stereocenters. The number of thioether (sulfide) groups is 1. The second-order valence-corrected chi connectivity index (χ2v) is 6.33. The number of hydrogen-bond donors (Lipinski definition) is 2. The molecule has 0 unspecified atom stereocenters. The van der Waals surface area contributed by atoms with E-state index in [1.54, 1.807) is 17.8 Å². The van der Waals surface area contributed by atoms with Gasteiger partial charge in [-0.25, -0.2) is 4.39 Å². The van der Waals surface area contributed by atoms with Crippen molar-refractivity contribution in [2.45, 2.75) is 19.1 Å². The lowest BCUT2D eigenvalue weighted by Gasteiger charge is -2.06.